The maximum absolute atomic E-state index is 11.5. The Labute approximate surface area is 111 Å². The molecule has 19 heavy (non-hydrogen) atoms. The summed E-state index contributed by atoms with van der Waals surface area (Å²) in [7, 11) is 1.97. The molecule has 2 aromatic rings. The second-order valence-electron chi connectivity index (χ2n) is 4.67. The predicted molar refractivity (Wildman–Crippen MR) is 72.8 cm³/mol. The minimum absolute atomic E-state index is 0.152. The quantitative estimate of drug-likeness (QED) is 0.880. The maximum Gasteiger partial charge on any atom is 0.245 e. The first-order valence-corrected chi connectivity index (χ1v) is 6.09. The van der Waals surface area contributed by atoms with Crippen LogP contribution in [0.1, 0.15) is 17.4 Å². The van der Waals surface area contributed by atoms with E-state index in [1.54, 1.807) is 6.26 Å². The Kier molecular flexibility index (Phi) is 2.76. The summed E-state index contributed by atoms with van der Waals surface area (Å²) in [6.45, 7) is 0.672. The molecular formula is C14H15N3O2. The number of anilines is 2. The van der Waals surface area contributed by atoms with Gasteiger partial charge in [0.15, 0.2) is 0 Å². The van der Waals surface area contributed by atoms with Crippen molar-refractivity contribution in [2.24, 2.45) is 5.73 Å². The Hall–Kier alpha value is -2.27. The first kappa shape index (κ1) is 11.8. The lowest BCUT2D eigenvalue weighted by molar-refractivity contribution is -0.116. The van der Waals surface area contributed by atoms with Gasteiger partial charge < -0.3 is 20.4 Å². The van der Waals surface area contributed by atoms with Crippen LogP contribution < -0.4 is 16.0 Å². The van der Waals surface area contributed by atoms with Crippen molar-refractivity contribution in [2.45, 2.75) is 12.6 Å². The Morgan fingerprint density at radius 1 is 1.42 bits per heavy atom. The van der Waals surface area contributed by atoms with Crippen molar-refractivity contribution >= 4 is 17.3 Å². The molecule has 1 unspecified atom stereocenters. The number of nitrogens with two attached hydrogens (primary N) is 1. The van der Waals surface area contributed by atoms with E-state index in [2.05, 4.69) is 10.2 Å². The highest BCUT2D eigenvalue weighted by Gasteiger charge is 2.27. The number of hydrogen-bond acceptors (Lipinski definition) is 4. The molecule has 0 saturated carbocycles. The van der Waals surface area contributed by atoms with Gasteiger partial charge in [0.05, 0.1) is 12.8 Å². The molecule has 0 aliphatic carbocycles. The van der Waals surface area contributed by atoms with Gasteiger partial charge in [0, 0.05) is 24.0 Å². The molecule has 3 rings (SSSR count). The number of hydrogen-bond donors (Lipinski definition) is 2. The van der Waals surface area contributed by atoms with Crippen molar-refractivity contribution in [3.05, 3.63) is 47.9 Å². The van der Waals surface area contributed by atoms with Crippen LogP contribution in [0.2, 0.25) is 0 Å². The largest absolute Gasteiger partial charge is 0.467 e. The molecule has 5 nitrogen and oxygen atoms in total. The van der Waals surface area contributed by atoms with Gasteiger partial charge in [0.2, 0.25) is 5.91 Å². The average Bonchev–Trinajstić information content (AvgIpc) is 2.99. The number of benzene rings is 1. The third-order valence-electron chi connectivity index (χ3n) is 3.33. The summed E-state index contributed by atoms with van der Waals surface area (Å²) in [6, 6.07) is 9.03. The van der Waals surface area contributed by atoms with Gasteiger partial charge >= 0.3 is 0 Å². The van der Waals surface area contributed by atoms with Gasteiger partial charge in [-0.1, -0.05) is 6.07 Å². The van der Waals surface area contributed by atoms with E-state index in [9.17, 15) is 4.79 Å². The zero-order chi connectivity index (χ0) is 13.4. The van der Waals surface area contributed by atoms with Crippen molar-refractivity contribution in [1.82, 2.24) is 0 Å². The van der Waals surface area contributed by atoms with Crippen molar-refractivity contribution in [3.63, 3.8) is 0 Å². The first-order valence-electron chi connectivity index (χ1n) is 6.09. The fourth-order valence-electron chi connectivity index (χ4n) is 2.24. The zero-order valence-electron chi connectivity index (χ0n) is 10.6. The lowest BCUT2D eigenvalue weighted by atomic mass is 10.1. The SMILES string of the molecule is CN(Cc1ccco1)c1ccc2c(c1)NC(=O)C2N. The Bertz CT molecular complexity index is 607. The number of carbonyl (C=O) groups is 1. The summed E-state index contributed by atoms with van der Waals surface area (Å²) in [5, 5.41) is 2.79. The number of carbonyl (C=O) groups excluding carboxylic acids is 1. The molecule has 0 saturated heterocycles. The van der Waals surface area contributed by atoms with Gasteiger partial charge in [-0.3, -0.25) is 4.79 Å². The molecule has 1 aliphatic heterocycles. The molecule has 1 amide bonds. The molecule has 2 heterocycles. The average molecular weight is 257 g/mol. The third kappa shape index (κ3) is 2.08. The third-order valence-corrected chi connectivity index (χ3v) is 3.33. The van der Waals surface area contributed by atoms with Crippen LogP contribution in [0.4, 0.5) is 11.4 Å². The van der Waals surface area contributed by atoms with E-state index in [0.717, 1.165) is 22.7 Å². The molecule has 98 valence electrons. The van der Waals surface area contributed by atoms with E-state index >= 15 is 0 Å². The summed E-state index contributed by atoms with van der Waals surface area (Å²) in [5.41, 5.74) is 8.43. The van der Waals surface area contributed by atoms with Gasteiger partial charge in [0.25, 0.3) is 0 Å². The normalized spacial score (nSPS) is 17.2. The standard InChI is InChI=1S/C14H15N3O2/c1-17(8-10-3-2-6-19-10)9-4-5-11-12(7-9)16-14(18)13(11)15/h2-7,13H,8,15H2,1H3,(H,16,18). The van der Waals surface area contributed by atoms with Crippen LogP contribution in [0.5, 0.6) is 0 Å². The number of furan rings is 1. The van der Waals surface area contributed by atoms with Crippen LogP contribution >= 0.6 is 0 Å². The number of amides is 1. The van der Waals surface area contributed by atoms with E-state index in [1.807, 2.05) is 37.4 Å². The molecule has 0 bridgehead atoms. The monoisotopic (exact) mass is 257 g/mol. The number of nitrogens with one attached hydrogen (secondary N) is 1. The molecule has 1 aromatic heterocycles. The smallest absolute Gasteiger partial charge is 0.245 e. The van der Waals surface area contributed by atoms with E-state index in [0.29, 0.717) is 6.54 Å². The summed E-state index contributed by atoms with van der Waals surface area (Å²) in [6.07, 6.45) is 1.66. The van der Waals surface area contributed by atoms with Crippen LogP contribution in [0.15, 0.2) is 41.0 Å². The first-order chi connectivity index (χ1) is 9.15. The van der Waals surface area contributed by atoms with Gasteiger partial charge in [0.1, 0.15) is 11.8 Å². The van der Waals surface area contributed by atoms with Crippen molar-refractivity contribution in [3.8, 4) is 0 Å². The summed E-state index contributed by atoms with van der Waals surface area (Å²) in [4.78, 5) is 13.6. The molecule has 1 aliphatic rings. The van der Waals surface area contributed by atoms with Crippen LogP contribution in [-0.2, 0) is 11.3 Å². The van der Waals surface area contributed by atoms with Crippen LogP contribution in [-0.4, -0.2) is 13.0 Å². The van der Waals surface area contributed by atoms with E-state index < -0.39 is 6.04 Å². The summed E-state index contributed by atoms with van der Waals surface area (Å²) in [5.74, 6) is 0.740. The van der Waals surface area contributed by atoms with Crippen molar-refractivity contribution in [2.75, 3.05) is 17.3 Å². The summed E-state index contributed by atoms with van der Waals surface area (Å²) >= 11 is 0. The number of rotatable bonds is 3. The number of fused-ring (bicyclic) bond motifs is 1. The molecule has 0 fully saturated rings. The lowest BCUT2D eigenvalue weighted by Gasteiger charge is -2.18. The van der Waals surface area contributed by atoms with E-state index in [4.69, 9.17) is 10.2 Å². The second kappa shape index (κ2) is 4.44. The molecule has 0 radical (unpaired) electrons. The van der Waals surface area contributed by atoms with E-state index in [-0.39, 0.29) is 5.91 Å². The molecule has 1 atom stereocenters. The van der Waals surface area contributed by atoms with Gasteiger partial charge in [-0.25, -0.2) is 0 Å². The molecule has 1 aromatic carbocycles. The summed E-state index contributed by atoms with van der Waals surface area (Å²) < 4.78 is 5.32. The van der Waals surface area contributed by atoms with Gasteiger partial charge in [-0.2, -0.15) is 0 Å². The minimum atomic E-state index is -0.556. The second-order valence-corrected chi connectivity index (χ2v) is 4.67. The van der Waals surface area contributed by atoms with Crippen LogP contribution in [0, 0.1) is 0 Å². The fourth-order valence-corrected chi connectivity index (χ4v) is 2.24. The van der Waals surface area contributed by atoms with Crippen molar-refractivity contribution in [1.29, 1.82) is 0 Å². The van der Waals surface area contributed by atoms with Gasteiger partial charge in [-0.15, -0.1) is 0 Å². The molecule has 3 N–H and O–H groups in total. The Balaban J connectivity index is 1.83. The predicted octanol–water partition coefficient (Wildman–Crippen LogP) is 1.87. The number of nitrogens with zero attached hydrogens (tertiary/aromatic N) is 1. The Morgan fingerprint density at radius 2 is 2.26 bits per heavy atom. The van der Waals surface area contributed by atoms with Gasteiger partial charge in [-0.05, 0) is 24.3 Å². The highest BCUT2D eigenvalue weighted by molar-refractivity contribution is 6.02. The van der Waals surface area contributed by atoms with E-state index in [1.165, 1.54) is 0 Å². The van der Waals surface area contributed by atoms with Crippen LogP contribution in [0.3, 0.4) is 0 Å². The van der Waals surface area contributed by atoms with Crippen molar-refractivity contribution < 1.29 is 9.21 Å². The fraction of sp³-hybridized carbons (Fsp3) is 0.214. The highest BCUT2D eigenvalue weighted by Crippen LogP contribution is 2.32. The topological polar surface area (TPSA) is 71.5 Å². The molecule has 0 spiro atoms. The maximum atomic E-state index is 11.5. The molecule has 5 heteroatoms. The molecular weight excluding hydrogens is 242 g/mol. The highest BCUT2D eigenvalue weighted by atomic mass is 16.3. The van der Waals surface area contributed by atoms with Crippen LogP contribution in [0.25, 0.3) is 0 Å². The lowest BCUT2D eigenvalue weighted by Crippen LogP contribution is -2.19. The Morgan fingerprint density at radius 3 is 3.00 bits per heavy atom. The minimum Gasteiger partial charge on any atom is -0.467 e. The zero-order valence-corrected chi connectivity index (χ0v) is 10.6.